The van der Waals surface area contributed by atoms with E-state index in [0.717, 1.165) is 40.5 Å². The first kappa shape index (κ1) is 21.6. The summed E-state index contributed by atoms with van der Waals surface area (Å²) >= 11 is 0. The van der Waals surface area contributed by atoms with E-state index in [1.54, 1.807) is 18.2 Å². The molecule has 2 amide bonds. The van der Waals surface area contributed by atoms with Gasteiger partial charge in [0, 0.05) is 5.39 Å². The van der Waals surface area contributed by atoms with Gasteiger partial charge >= 0.3 is 0 Å². The molecular weight excluding hydrogens is 400 g/mol. The molecule has 4 rings (SSSR count). The number of nitrogens with zero attached hydrogens (tertiary/aromatic N) is 1. The van der Waals surface area contributed by atoms with Crippen LogP contribution in [0.15, 0.2) is 67.2 Å². The Balaban J connectivity index is 1.55. The van der Waals surface area contributed by atoms with E-state index in [1.165, 1.54) is 5.01 Å². The first-order valence-corrected chi connectivity index (χ1v) is 10.9. The molecule has 0 saturated heterocycles. The molecule has 1 aliphatic rings. The predicted molar refractivity (Wildman–Crippen MR) is 128 cm³/mol. The highest BCUT2D eigenvalue weighted by molar-refractivity contribution is 5.96. The SMILES string of the molecule is C=Cc1ccc(N(C=O)NC(=O)C2(C)CC2c2ccc(OCCC)c3ccccc23)cc1. The summed E-state index contributed by atoms with van der Waals surface area (Å²) in [7, 11) is 0. The lowest BCUT2D eigenvalue weighted by Crippen LogP contribution is -2.45. The molecule has 1 saturated carbocycles. The van der Waals surface area contributed by atoms with E-state index in [2.05, 4.69) is 37.1 Å². The van der Waals surface area contributed by atoms with E-state index in [0.29, 0.717) is 18.7 Å². The van der Waals surface area contributed by atoms with E-state index < -0.39 is 5.41 Å². The molecule has 2 atom stereocenters. The number of nitrogens with one attached hydrogen (secondary N) is 1. The van der Waals surface area contributed by atoms with Gasteiger partial charge < -0.3 is 4.74 Å². The molecule has 3 aromatic rings. The van der Waals surface area contributed by atoms with Crippen LogP contribution in [-0.2, 0) is 9.59 Å². The molecule has 32 heavy (non-hydrogen) atoms. The number of hydrogen-bond acceptors (Lipinski definition) is 3. The summed E-state index contributed by atoms with van der Waals surface area (Å²) in [5.74, 6) is 0.773. The average Bonchev–Trinajstić information content (AvgIpc) is 3.53. The Morgan fingerprint density at radius 3 is 2.53 bits per heavy atom. The summed E-state index contributed by atoms with van der Waals surface area (Å²) in [4.78, 5) is 24.8. The smallest absolute Gasteiger partial charge is 0.245 e. The van der Waals surface area contributed by atoms with Crippen LogP contribution >= 0.6 is 0 Å². The maximum atomic E-state index is 13.2. The fourth-order valence-electron chi connectivity index (χ4n) is 4.17. The third kappa shape index (κ3) is 3.98. The summed E-state index contributed by atoms with van der Waals surface area (Å²) in [5, 5.41) is 3.40. The number of fused-ring (bicyclic) bond motifs is 1. The van der Waals surface area contributed by atoms with Gasteiger partial charge in [-0.2, -0.15) is 0 Å². The largest absolute Gasteiger partial charge is 0.493 e. The number of anilines is 1. The monoisotopic (exact) mass is 428 g/mol. The van der Waals surface area contributed by atoms with Gasteiger partial charge in [-0.3, -0.25) is 15.0 Å². The Labute approximate surface area is 188 Å². The van der Waals surface area contributed by atoms with Crippen molar-refractivity contribution in [3.8, 4) is 5.75 Å². The fourth-order valence-corrected chi connectivity index (χ4v) is 4.17. The molecule has 1 N–H and O–H groups in total. The zero-order valence-corrected chi connectivity index (χ0v) is 18.5. The van der Waals surface area contributed by atoms with E-state index >= 15 is 0 Å². The van der Waals surface area contributed by atoms with E-state index in [9.17, 15) is 9.59 Å². The van der Waals surface area contributed by atoms with Crippen molar-refractivity contribution in [2.24, 2.45) is 5.41 Å². The van der Waals surface area contributed by atoms with Crippen LogP contribution in [-0.4, -0.2) is 18.9 Å². The Kier molecular flexibility index (Phi) is 5.99. The minimum absolute atomic E-state index is 0.0734. The highest BCUT2D eigenvalue weighted by Crippen LogP contribution is 2.60. The van der Waals surface area contributed by atoms with Gasteiger partial charge in [-0.15, -0.1) is 0 Å². The third-order valence-electron chi connectivity index (χ3n) is 6.25. The molecule has 0 aliphatic heterocycles. The zero-order chi connectivity index (χ0) is 22.7. The van der Waals surface area contributed by atoms with Gasteiger partial charge in [0.05, 0.1) is 17.7 Å². The second-order valence-electron chi connectivity index (χ2n) is 8.43. The van der Waals surface area contributed by atoms with Crippen molar-refractivity contribution >= 4 is 34.9 Å². The molecule has 164 valence electrons. The van der Waals surface area contributed by atoms with Crippen molar-refractivity contribution in [3.05, 3.63) is 78.4 Å². The van der Waals surface area contributed by atoms with Crippen molar-refractivity contribution in [1.82, 2.24) is 5.43 Å². The highest BCUT2D eigenvalue weighted by atomic mass is 16.5. The van der Waals surface area contributed by atoms with Gasteiger partial charge in [0.2, 0.25) is 12.3 Å². The lowest BCUT2D eigenvalue weighted by Gasteiger charge is -2.22. The van der Waals surface area contributed by atoms with E-state index in [4.69, 9.17) is 4.74 Å². The van der Waals surface area contributed by atoms with Crippen LogP contribution in [0.4, 0.5) is 5.69 Å². The van der Waals surface area contributed by atoms with Crippen LogP contribution in [0.3, 0.4) is 0 Å². The van der Waals surface area contributed by atoms with Gasteiger partial charge in [-0.05, 0) is 53.5 Å². The molecular formula is C27H28N2O3. The summed E-state index contributed by atoms with van der Waals surface area (Å²) < 4.78 is 5.92. The standard InChI is InChI=1S/C27H28N2O3/c1-4-16-32-25-15-14-22(21-8-6-7-9-23(21)25)24-17-27(24,3)26(31)28-29(18-30)20-12-10-19(5-2)11-13-20/h5-15,18,24H,2,4,16-17H2,1,3H3,(H,28,31). The number of rotatable bonds is 9. The van der Waals surface area contributed by atoms with Crippen LogP contribution in [0.2, 0.25) is 0 Å². The molecule has 0 bridgehead atoms. The Morgan fingerprint density at radius 1 is 1.16 bits per heavy atom. The first-order chi connectivity index (χ1) is 15.5. The molecule has 1 aliphatic carbocycles. The summed E-state index contributed by atoms with van der Waals surface area (Å²) in [6.07, 6.45) is 4.02. The van der Waals surface area contributed by atoms with Crippen LogP contribution in [0.25, 0.3) is 16.8 Å². The third-order valence-corrected chi connectivity index (χ3v) is 6.25. The topological polar surface area (TPSA) is 58.6 Å². The maximum absolute atomic E-state index is 13.2. The molecule has 3 aromatic carbocycles. The van der Waals surface area contributed by atoms with Crippen LogP contribution < -0.4 is 15.2 Å². The Morgan fingerprint density at radius 2 is 1.88 bits per heavy atom. The lowest BCUT2D eigenvalue weighted by molar-refractivity contribution is -0.127. The molecule has 0 heterocycles. The lowest BCUT2D eigenvalue weighted by atomic mass is 9.95. The molecule has 0 aromatic heterocycles. The Bertz CT molecular complexity index is 1160. The minimum Gasteiger partial charge on any atom is -0.493 e. The van der Waals surface area contributed by atoms with Crippen molar-refractivity contribution in [3.63, 3.8) is 0 Å². The number of amides is 2. The fraction of sp³-hybridized carbons (Fsp3) is 0.259. The van der Waals surface area contributed by atoms with E-state index in [1.807, 2.05) is 37.3 Å². The summed E-state index contributed by atoms with van der Waals surface area (Å²) in [6.45, 7) is 8.44. The summed E-state index contributed by atoms with van der Waals surface area (Å²) in [6, 6.07) is 19.5. The first-order valence-electron chi connectivity index (χ1n) is 10.9. The number of hydrazine groups is 1. The van der Waals surface area contributed by atoms with Crippen molar-refractivity contribution in [2.75, 3.05) is 11.6 Å². The maximum Gasteiger partial charge on any atom is 0.245 e. The van der Waals surface area contributed by atoms with Gasteiger partial charge in [-0.25, -0.2) is 5.01 Å². The normalized spacial score (nSPS) is 19.2. The zero-order valence-electron chi connectivity index (χ0n) is 18.5. The number of ether oxygens (including phenoxy) is 1. The van der Waals surface area contributed by atoms with Gasteiger partial charge in [0.15, 0.2) is 0 Å². The quantitative estimate of drug-likeness (QED) is 0.364. The predicted octanol–water partition coefficient (Wildman–Crippen LogP) is 5.46. The van der Waals surface area contributed by atoms with Crippen molar-refractivity contribution in [2.45, 2.75) is 32.6 Å². The molecule has 0 radical (unpaired) electrons. The minimum atomic E-state index is -0.586. The number of benzene rings is 3. The molecule has 1 fully saturated rings. The van der Waals surface area contributed by atoms with E-state index in [-0.39, 0.29) is 11.8 Å². The molecule has 5 nitrogen and oxygen atoms in total. The van der Waals surface area contributed by atoms with Gasteiger partial charge in [-0.1, -0.05) is 69.0 Å². The number of hydrogen-bond donors (Lipinski definition) is 1. The van der Waals surface area contributed by atoms with Crippen LogP contribution in [0, 0.1) is 5.41 Å². The molecule has 0 spiro atoms. The number of carbonyl (C=O) groups is 2. The molecule has 5 heteroatoms. The molecule has 2 unspecified atom stereocenters. The van der Waals surface area contributed by atoms with Gasteiger partial charge in [0.1, 0.15) is 5.75 Å². The second-order valence-corrected chi connectivity index (χ2v) is 8.43. The second kappa shape index (κ2) is 8.87. The van der Waals surface area contributed by atoms with Gasteiger partial charge in [0.25, 0.3) is 0 Å². The number of carbonyl (C=O) groups excluding carboxylic acids is 2. The highest BCUT2D eigenvalue weighted by Gasteiger charge is 2.57. The summed E-state index contributed by atoms with van der Waals surface area (Å²) in [5.41, 5.74) is 4.88. The van der Waals surface area contributed by atoms with Crippen molar-refractivity contribution in [1.29, 1.82) is 0 Å². The van der Waals surface area contributed by atoms with Crippen molar-refractivity contribution < 1.29 is 14.3 Å². The van der Waals surface area contributed by atoms with Crippen LogP contribution in [0.1, 0.15) is 43.7 Å². The average molecular weight is 429 g/mol. The van der Waals surface area contributed by atoms with Crippen LogP contribution in [0.5, 0.6) is 5.75 Å². The Hall–Kier alpha value is -3.60.